The summed E-state index contributed by atoms with van der Waals surface area (Å²) in [6.45, 7) is 0. The molecule has 3 aromatic carbocycles. The Bertz CT molecular complexity index is 1320. The molecule has 1 saturated heterocycles. The van der Waals surface area contributed by atoms with Crippen LogP contribution in [0, 0.1) is 0 Å². The van der Waals surface area contributed by atoms with E-state index in [1.807, 2.05) is 78.9 Å². The van der Waals surface area contributed by atoms with Crippen molar-refractivity contribution in [3.05, 3.63) is 99.9 Å². The van der Waals surface area contributed by atoms with Crippen molar-refractivity contribution in [3.63, 3.8) is 0 Å². The molecule has 1 aromatic heterocycles. The van der Waals surface area contributed by atoms with E-state index >= 15 is 0 Å². The molecule has 1 atom stereocenters. The molecule has 0 saturated carbocycles. The fraction of sp³-hybridized carbons (Fsp3) is 0.0400. The van der Waals surface area contributed by atoms with E-state index in [1.165, 1.54) is 0 Å². The van der Waals surface area contributed by atoms with Crippen LogP contribution < -0.4 is 5.32 Å². The summed E-state index contributed by atoms with van der Waals surface area (Å²) in [5.41, 5.74) is 4.03. The second-order valence-electron chi connectivity index (χ2n) is 7.28. The molecule has 32 heavy (non-hydrogen) atoms. The number of carbonyl (C=O) groups excluding carboxylic acids is 1. The summed E-state index contributed by atoms with van der Waals surface area (Å²) < 4.78 is 2.61. The third kappa shape index (κ3) is 4.09. The fourth-order valence-corrected chi connectivity index (χ4v) is 4.85. The molecule has 5 nitrogen and oxygen atoms in total. The molecule has 1 amide bonds. The summed E-state index contributed by atoms with van der Waals surface area (Å²) in [6.07, 6.45) is 1.50. The smallest absolute Gasteiger partial charge is 0.285 e. The maximum Gasteiger partial charge on any atom is 0.285 e. The number of thioether (sulfide) groups is 1. The van der Waals surface area contributed by atoms with E-state index < -0.39 is 6.17 Å². The van der Waals surface area contributed by atoms with Gasteiger partial charge in [-0.15, -0.1) is 0 Å². The minimum Gasteiger partial charge on any atom is -0.507 e. The van der Waals surface area contributed by atoms with Gasteiger partial charge in [-0.05, 0) is 47.7 Å². The van der Waals surface area contributed by atoms with Gasteiger partial charge in [0.05, 0.1) is 11.4 Å². The molecule has 2 heterocycles. The molecule has 1 aliphatic heterocycles. The Kier molecular flexibility index (Phi) is 5.59. The van der Waals surface area contributed by atoms with Gasteiger partial charge in [0.15, 0.2) is 6.17 Å². The van der Waals surface area contributed by atoms with E-state index in [9.17, 15) is 9.90 Å². The average Bonchev–Trinajstić information content (AvgIpc) is 3.40. The van der Waals surface area contributed by atoms with Crippen molar-refractivity contribution >= 4 is 39.0 Å². The van der Waals surface area contributed by atoms with Crippen LogP contribution >= 0.6 is 27.7 Å². The number of nitrogens with zero attached hydrogens (tertiary/aromatic N) is 2. The Morgan fingerprint density at radius 3 is 2.47 bits per heavy atom. The van der Waals surface area contributed by atoms with Crippen molar-refractivity contribution in [1.82, 2.24) is 15.1 Å². The lowest BCUT2D eigenvalue weighted by Gasteiger charge is -2.16. The van der Waals surface area contributed by atoms with Gasteiger partial charge in [-0.2, -0.15) is 5.10 Å². The maximum absolute atomic E-state index is 12.4. The first-order chi connectivity index (χ1) is 15.6. The number of nitrogens with one attached hydrogen (secondary N) is 1. The SMILES string of the molecule is O=C1N[C@H](n2nc(-c3ccccc3)cc2-c2cc(Br)ccc2O)/C(=C/c2ccccc2)S1. The minimum atomic E-state index is -0.487. The normalized spacial score (nSPS) is 17.0. The van der Waals surface area contributed by atoms with E-state index in [-0.39, 0.29) is 11.0 Å². The summed E-state index contributed by atoms with van der Waals surface area (Å²) in [4.78, 5) is 13.2. The molecular formula is C25H18BrN3O2S. The fourth-order valence-electron chi connectivity index (χ4n) is 3.63. The van der Waals surface area contributed by atoms with Crippen molar-refractivity contribution < 1.29 is 9.90 Å². The lowest BCUT2D eigenvalue weighted by atomic mass is 10.1. The molecule has 4 aromatic rings. The van der Waals surface area contributed by atoms with Crippen molar-refractivity contribution in [2.75, 3.05) is 0 Å². The number of benzene rings is 3. The van der Waals surface area contributed by atoms with E-state index in [1.54, 1.807) is 16.8 Å². The number of aromatic hydroxyl groups is 1. The van der Waals surface area contributed by atoms with Gasteiger partial charge >= 0.3 is 0 Å². The molecule has 0 spiro atoms. The molecule has 0 bridgehead atoms. The number of hydrogen-bond donors (Lipinski definition) is 2. The number of aromatic nitrogens is 2. The number of phenolic OH excluding ortho intramolecular Hbond substituents is 1. The van der Waals surface area contributed by atoms with Crippen LogP contribution in [-0.2, 0) is 0 Å². The highest BCUT2D eigenvalue weighted by Gasteiger charge is 2.32. The average molecular weight is 504 g/mol. The largest absolute Gasteiger partial charge is 0.507 e. The zero-order chi connectivity index (χ0) is 22.1. The van der Waals surface area contributed by atoms with Gasteiger partial charge in [0.2, 0.25) is 0 Å². The van der Waals surface area contributed by atoms with Crippen LogP contribution in [0.1, 0.15) is 11.7 Å². The third-order valence-electron chi connectivity index (χ3n) is 5.13. The standard InChI is InChI=1S/C25H18BrN3O2S/c26-18-11-12-22(30)19(14-18)21-15-20(17-9-5-2-6-10-17)28-29(21)24-23(32-25(31)27-24)13-16-7-3-1-4-8-16/h1-15,24,30H,(H,27,31)/b23-13-/t24-/m1/s1. The highest BCUT2D eigenvalue weighted by atomic mass is 79.9. The van der Waals surface area contributed by atoms with Crippen LogP contribution in [0.25, 0.3) is 28.6 Å². The third-order valence-corrected chi connectivity index (χ3v) is 6.50. The van der Waals surface area contributed by atoms with E-state index in [4.69, 9.17) is 5.10 Å². The van der Waals surface area contributed by atoms with Crippen molar-refractivity contribution in [2.24, 2.45) is 0 Å². The lowest BCUT2D eigenvalue weighted by Crippen LogP contribution is -2.25. The van der Waals surface area contributed by atoms with Crippen LogP contribution in [0.15, 0.2) is 94.3 Å². The van der Waals surface area contributed by atoms with Gasteiger partial charge in [0.1, 0.15) is 5.75 Å². The minimum absolute atomic E-state index is 0.138. The first-order valence-electron chi connectivity index (χ1n) is 9.97. The number of hydrogen-bond acceptors (Lipinski definition) is 4. The molecule has 7 heteroatoms. The van der Waals surface area contributed by atoms with Gasteiger partial charge in [-0.25, -0.2) is 4.68 Å². The van der Waals surface area contributed by atoms with E-state index in [0.29, 0.717) is 11.3 Å². The highest BCUT2D eigenvalue weighted by Crippen LogP contribution is 2.41. The van der Waals surface area contributed by atoms with Crippen LogP contribution in [0.4, 0.5) is 4.79 Å². The monoisotopic (exact) mass is 503 g/mol. The van der Waals surface area contributed by atoms with Crippen molar-refractivity contribution in [1.29, 1.82) is 0 Å². The van der Waals surface area contributed by atoms with Crippen molar-refractivity contribution in [2.45, 2.75) is 6.17 Å². The number of carbonyl (C=O) groups is 1. The number of amides is 1. The number of phenols is 1. The van der Waals surface area contributed by atoms with Gasteiger partial charge in [-0.3, -0.25) is 4.79 Å². The highest BCUT2D eigenvalue weighted by molar-refractivity contribution is 9.10. The first-order valence-corrected chi connectivity index (χ1v) is 11.6. The molecule has 0 radical (unpaired) electrons. The second kappa shape index (κ2) is 8.68. The Balaban J connectivity index is 1.68. The van der Waals surface area contributed by atoms with Crippen LogP contribution in [0.2, 0.25) is 0 Å². The lowest BCUT2D eigenvalue weighted by molar-refractivity contribution is 0.257. The van der Waals surface area contributed by atoms with Gasteiger partial charge < -0.3 is 10.4 Å². The molecule has 1 aliphatic rings. The maximum atomic E-state index is 12.4. The Morgan fingerprint density at radius 1 is 1.00 bits per heavy atom. The van der Waals surface area contributed by atoms with Crippen LogP contribution in [0.3, 0.4) is 0 Å². The van der Waals surface area contributed by atoms with Crippen LogP contribution in [-0.4, -0.2) is 20.1 Å². The summed E-state index contributed by atoms with van der Waals surface area (Å²) in [6, 6.07) is 26.9. The molecule has 0 aliphatic carbocycles. The number of rotatable bonds is 4. The zero-order valence-corrected chi connectivity index (χ0v) is 19.2. The van der Waals surface area contributed by atoms with Gasteiger partial charge in [0, 0.05) is 20.5 Å². The Hall–Kier alpha value is -3.29. The molecule has 2 N–H and O–H groups in total. The first kappa shape index (κ1) is 20.6. The Morgan fingerprint density at radius 2 is 1.72 bits per heavy atom. The van der Waals surface area contributed by atoms with Crippen molar-refractivity contribution in [3.8, 4) is 28.3 Å². The molecule has 1 fully saturated rings. The Labute approximate surface area is 197 Å². The van der Waals surface area contributed by atoms with Gasteiger partial charge in [0.25, 0.3) is 5.24 Å². The summed E-state index contributed by atoms with van der Waals surface area (Å²) in [5, 5.41) is 18.3. The summed E-state index contributed by atoms with van der Waals surface area (Å²) >= 11 is 4.65. The predicted molar refractivity (Wildman–Crippen MR) is 132 cm³/mol. The molecule has 0 unspecified atom stereocenters. The zero-order valence-electron chi connectivity index (χ0n) is 16.8. The topological polar surface area (TPSA) is 67.2 Å². The quantitative estimate of drug-likeness (QED) is 0.325. The summed E-state index contributed by atoms with van der Waals surface area (Å²) in [5.74, 6) is 0.138. The summed E-state index contributed by atoms with van der Waals surface area (Å²) in [7, 11) is 0. The van der Waals surface area contributed by atoms with E-state index in [0.717, 1.165) is 38.0 Å². The van der Waals surface area contributed by atoms with Crippen LogP contribution in [0.5, 0.6) is 5.75 Å². The van der Waals surface area contributed by atoms with Gasteiger partial charge in [-0.1, -0.05) is 76.6 Å². The van der Waals surface area contributed by atoms with E-state index in [2.05, 4.69) is 21.2 Å². The molecular weight excluding hydrogens is 486 g/mol. The molecule has 5 rings (SSSR count). The second-order valence-corrected chi connectivity index (χ2v) is 9.24. The molecule has 158 valence electrons. The predicted octanol–water partition coefficient (Wildman–Crippen LogP) is 6.68. The number of halogens is 1.